The van der Waals surface area contributed by atoms with Gasteiger partial charge in [0, 0.05) is 36.1 Å². The van der Waals surface area contributed by atoms with Gasteiger partial charge in [0.15, 0.2) is 0 Å². The van der Waals surface area contributed by atoms with E-state index in [9.17, 15) is 4.79 Å². The smallest absolute Gasteiger partial charge is 0.252 e. The second-order valence-electron chi connectivity index (χ2n) is 6.24. The van der Waals surface area contributed by atoms with E-state index in [-0.39, 0.29) is 5.91 Å². The van der Waals surface area contributed by atoms with E-state index in [4.69, 9.17) is 0 Å². The molecule has 1 aromatic carbocycles. The van der Waals surface area contributed by atoms with Crippen molar-refractivity contribution in [3.63, 3.8) is 0 Å². The van der Waals surface area contributed by atoms with Crippen molar-refractivity contribution in [3.8, 4) is 0 Å². The lowest BCUT2D eigenvalue weighted by atomic mass is 10.0. The Morgan fingerprint density at radius 1 is 1.29 bits per heavy atom. The number of aryl methyl sites for hydroxylation is 2. The zero-order valence-corrected chi connectivity index (χ0v) is 14.3. The van der Waals surface area contributed by atoms with Crippen LogP contribution >= 0.6 is 0 Å². The molecule has 1 N–H and O–H groups in total. The topological polar surface area (TPSA) is 59.8 Å². The summed E-state index contributed by atoms with van der Waals surface area (Å²) in [7, 11) is 0. The molecule has 5 heteroatoms. The van der Waals surface area contributed by atoms with E-state index in [0.717, 1.165) is 28.6 Å². The SMILES string of the molecule is Cc1ccc2nc(C)cc(C(=O)NCC[C@@H](C)n3ccnc3)c2c1. The van der Waals surface area contributed by atoms with Gasteiger partial charge in [-0.2, -0.15) is 0 Å². The van der Waals surface area contributed by atoms with Crippen molar-refractivity contribution in [1.29, 1.82) is 0 Å². The normalized spacial score (nSPS) is 12.3. The molecule has 124 valence electrons. The molecule has 1 amide bonds. The van der Waals surface area contributed by atoms with Gasteiger partial charge in [0.25, 0.3) is 5.91 Å². The van der Waals surface area contributed by atoms with Crippen LogP contribution in [0.15, 0.2) is 43.0 Å². The summed E-state index contributed by atoms with van der Waals surface area (Å²) in [4.78, 5) is 21.2. The highest BCUT2D eigenvalue weighted by Gasteiger charge is 2.12. The second kappa shape index (κ2) is 6.83. The number of amides is 1. The maximum absolute atomic E-state index is 12.6. The summed E-state index contributed by atoms with van der Waals surface area (Å²) in [5.74, 6) is -0.0473. The number of nitrogens with one attached hydrogen (secondary N) is 1. The van der Waals surface area contributed by atoms with Gasteiger partial charge in [-0.15, -0.1) is 0 Å². The Hall–Kier alpha value is -2.69. The lowest BCUT2D eigenvalue weighted by Gasteiger charge is -2.14. The van der Waals surface area contributed by atoms with Crippen molar-refractivity contribution in [2.75, 3.05) is 6.54 Å². The second-order valence-corrected chi connectivity index (χ2v) is 6.24. The Kier molecular flexibility index (Phi) is 4.60. The molecule has 24 heavy (non-hydrogen) atoms. The molecule has 0 saturated carbocycles. The minimum absolute atomic E-state index is 0.0473. The highest BCUT2D eigenvalue weighted by molar-refractivity contribution is 6.06. The predicted octanol–water partition coefficient (Wildman–Crippen LogP) is 3.43. The van der Waals surface area contributed by atoms with Crippen LogP contribution in [-0.4, -0.2) is 27.0 Å². The number of pyridine rings is 1. The molecule has 0 aliphatic rings. The van der Waals surface area contributed by atoms with Crippen molar-refractivity contribution in [2.45, 2.75) is 33.2 Å². The summed E-state index contributed by atoms with van der Waals surface area (Å²) >= 11 is 0. The van der Waals surface area contributed by atoms with Crippen molar-refractivity contribution in [1.82, 2.24) is 19.9 Å². The zero-order chi connectivity index (χ0) is 17.1. The number of carbonyl (C=O) groups is 1. The molecule has 2 heterocycles. The van der Waals surface area contributed by atoms with Gasteiger partial charge in [-0.1, -0.05) is 11.6 Å². The van der Waals surface area contributed by atoms with E-state index in [1.807, 2.05) is 48.9 Å². The number of imidazole rings is 1. The number of rotatable bonds is 5. The molecule has 0 aliphatic carbocycles. The lowest BCUT2D eigenvalue weighted by Crippen LogP contribution is -2.26. The van der Waals surface area contributed by atoms with Gasteiger partial charge in [-0.05, 0) is 45.4 Å². The van der Waals surface area contributed by atoms with Crippen LogP contribution in [0.2, 0.25) is 0 Å². The molecule has 5 nitrogen and oxygen atoms in total. The molecular weight excluding hydrogens is 300 g/mol. The minimum atomic E-state index is -0.0473. The summed E-state index contributed by atoms with van der Waals surface area (Å²) in [6, 6.07) is 8.16. The van der Waals surface area contributed by atoms with Crippen molar-refractivity contribution < 1.29 is 4.79 Å². The molecule has 2 aromatic heterocycles. The number of hydrogen-bond donors (Lipinski definition) is 1. The van der Waals surface area contributed by atoms with Gasteiger partial charge in [0.1, 0.15) is 0 Å². The summed E-state index contributed by atoms with van der Waals surface area (Å²) in [5.41, 5.74) is 3.52. The number of carbonyl (C=O) groups excluding carboxylic acids is 1. The molecule has 0 aliphatic heterocycles. The van der Waals surface area contributed by atoms with Crippen LogP contribution in [0.3, 0.4) is 0 Å². The Morgan fingerprint density at radius 3 is 2.88 bits per heavy atom. The third-order valence-electron chi connectivity index (χ3n) is 4.22. The van der Waals surface area contributed by atoms with Crippen LogP contribution in [0.25, 0.3) is 10.9 Å². The number of aromatic nitrogens is 3. The van der Waals surface area contributed by atoms with Gasteiger partial charge >= 0.3 is 0 Å². The van der Waals surface area contributed by atoms with Crippen LogP contribution in [0.4, 0.5) is 0 Å². The molecule has 0 saturated heterocycles. The largest absolute Gasteiger partial charge is 0.352 e. The highest BCUT2D eigenvalue weighted by atomic mass is 16.1. The molecule has 0 radical (unpaired) electrons. The average molecular weight is 322 g/mol. The fraction of sp³-hybridized carbons (Fsp3) is 0.316. The van der Waals surface area contributed by atoms with Crippen molar-refractivity contribution >= 4 is 16.8 Å². The first-order valence-electron chi connectivity index (χ1n) is 8.18. The van der Waals surface area contributed by atoms with Crippen LogP contribution in [0, 0.1) is 13.8 Å². The van der Waals surface area contributed by atoms with E-state index in [1.165, 1.54) is 0 Å². The maximum atomic E-state index is 12.6. The highest BCUT2D eigenvalue weighted by Crippen LogP contribution is 2.20. The zero-order valence-electron chi connectivity index (χ0n) is 14.3. The summed E-state index contributed by atoms with van der Waals surface area (Å²) in [6.45, 7) is 6.67. The van der Waals surface area contributed by atoms with Crippen molar-refractivity contribution in [3.05, 3.63) is 59.8 Å². The Bertz CT molecular complexity index is 855. The third-order valence-corrected chi connectivity index (χ3v) is 4.22. The summed E-state index contributed by atoms with van der Waals surface area (Å²) in [5, 5.41) is 3.93. The Balaban J connectivity index is 1.73. The predicted molar refractivity (Wildman–Crippen MR) is 95.1 cm³/mol. The van der Waals surface area contributed by atoms with E-state index >= 15 is 0 Å². The minimum Gasteiger partial charge on any atom is -0.352 e. The summed E-state index contributed by atoms with van der Waals surface area (Å²) in [6.07, 6.45) is 6.36. The van der Waals surface area contributed by atoms with Crippen LogP contribution in [-0.2, 0) is 0 Å². The first kappa shape index (κ1) is 16.2. The first-order valence-corrected chi connectivity index (χ1v) is 8.18. The van der Waals surface area contributed by atoms with Crippen molar-refractivity contribution in [2.24, 2.45) is 0 Å². The Labute approximate surface area is 141 Å². The standard InChI is InChI=1S/C19H22N4O/c1-13-4-5-18-16(10-13)17(11-14(2)22-18)19(24)21-7-6-15(3)23-9-8-20-12-23/h4-5,8-12,15H,6-7H2,1-3H3,(H,21,24)/t15-/m1/s1. The van der Waals surface area contributed by atoms with E-state index in [1.54, 1.807) is 12.5 Å². The van der Waals surface area contributed by atoms with Gasteiger partial charge in [0.05, 0.1) is 17.4 Å². The van der Waals surface area contributed by atoms with E-state index in [2.05, 4.69) is 22.2 Å². The number of nitrogens with zero attached hydrogens (tertiary/aromatic N) is 3. The quantitative estimate of drug-likeness (QED) is 0.783. The molecule has 1 atom stereocenters. The van der Waals surface area contributed by atoms with Gasteiger partial charge < -0.3 is 9.88 Å². The molecule has 0 fully saturated rings. The Morgan fingerprint density at radius 2 is 2.12 bits per heavy atom. The van der Waals surface area contributed by atoms with Gasteiger partial charge in [0.2, 0.25) is 0 Å². The van der Waals surface area contributed by atoms with Crippen LogP contribution < -0.4 is 5.32 Å². The number of fused-ring (bicyclic) bond motifs is 1. The lowest BCUT2D eigenvalue weighted by molar-refractivity contribution is 0.0953. The molecule has 0 unspecified atom stereocenters. The maximum Gasteiger partial charge on any atom is 0.252 e. The molecule has 3 rings (SSSR count). The molecule has 0 bridgehead atoms. The van der Waals surface area contributed by atoms with Crippen LogP contribution in [0.1, 0.15) is 41.0 Å². The molecular formula is C19H22N4O. The monoisotopic (exact) mass is 322 g/mol. The third kappa shape index (κ3) is 3.45. The van der Waals surface area contributed by atoms with Gasteiger partial charge in [-0.3, -0.25) is 9.78 Å². The number of hydrogen-bond acceptors (Lipinski definition) is 3. The fourth-order valence-electron chi connectivity index (χ4n) is 2.83. The average Bonchev–Trinajstić information content (AvgIpc) is 3.09. The first-order chi connectivity index (χ1) is 11.5. The number of benzene rings is 1. The van der Waals surface area contributed by atoms with E-state index in [0.29, 0.717) is 18.2 Å². The summed E-state index contributed by atoms with van der Waals surface area (Å²) < 4.78 is 2.04. The van der Waals surface area contributed by atoms with E-state index < -0.39 is 0 Å². The van der Waals surface area contributed by atoms with Crippen LogP contribution in [0.5, 0.6) is 0 Å². The molecule has 0 spiro atoms. The van der Waals surface area contributed by atoms with Gasteiger partial charge in [-0.25, -0.2) is 4.98 Å². The molecule has 3 aromatic rings. The fourth-order valence-corrected chi connectivity index (χ4v) is 2.83.